The van der Waals surface area contributed by atoms with Gasteiger partial charge in [-0.05, 0) is 67.7 Å². The van der Waals surface area contributed by atoms with Crippen LogP contribution in [-0.2, 0) is 20.8 Å². The lowest BCUT2D eigenvalue weighted by Gasteiger charge is -2.50. The number of non-ortho nitro benzene ring substituents is 1. The standard InChI is InChI=1S/C27H25N3O9/c1-29(2)21-16-10-12-9-15-14(11-3-5-13(6-4-11)30(38)39)7-8-17(31)19(15)22(32)18(12)24(34)27(16,37)25(35)20(23(21)33)26(28)36/h3-8,12,16,21,31-32,35,37H,9-10H2,1-2H3,(H2,28,36)/t12-,16-,21-,27-/m0/s1. The quantitative estimate of drug-likeness (QED) is 0.217. The molecule has 3 aliphatic rings. The molecule has 6 N–H and O–H groups in total. The number of benzene rings is 2. The number of Topliss-reactive ketones (excluding diaryl/α,β-unsaturated/α-hetero) is 2. The number of amides is 1. The summed E-state index contributed by atoms with van der Waals surface area (Å²) in [6.07, 6.45) is 0.0659. The van der Waals surface area contributed by atoms with Crippen molar-refractivity contribution in [1.82, 2.24) is 4.90 Å². The van der Waals surface area contributed by atoms with Crippen LogP contribution in [0.25, 0.3) is 16.9 Å². The van der Waals surface area contributed by atoms with Crippen molar-refractivity contribution in [2.45, 2.75) is 24.5 Å². The number of aliphatic hydroxyl groups is 3. The van der Waals surface area contributed by atoms with Gasteiger partial charge in [0.1, 0.15) is 22.8 Å². The van der Waals surface area contributed by atoms with E-state index in [4.69, 9.17) is 5.73 Å². The van der Waals surface area contributed by atoms with Gasteiger partial charge in [0, 0.05) is 23.6 Å². The highest BCUT2D eigenvalue weighted by Crippen LogP contribution is 2.53. The van der Waals surface area contributed by atoms with Gasteiger partial charge in [-0.3, -0.25) is 29.4 Å². The van der Waals surface area contributed by atoms with Crippen molar-refractivity contribution in [3.8, 4) is 16.9 Å². The average Bonchev–Trinajstić information content (AvgIpc) is 2.86. The number of ketones is 2. The lowest BCUT2D eigenvalue weighted by Crippen LogP contribution is -2.65. The highest BCUT2D eigenvalue weighted by molar-refractivity contribution is 6.24. The highest BCUT2D eigenvalue weighted by Gasteiger charge is 2.64. The van der Waals surface area contributed by atoms with E-state index in [1.54, 1.807) is 6.07 Å². The Morgan fingerprint density at radius 2 is 1.74 bits per heavy atom. The first kappa shape index (κ1) is 26.1. The van der Waals surface area contributed by atoms with E-state index in [0.717, 1.165) is 0 Å². The third kappa shape index (κ3) is 3.56. The van der Waals surface area contributed by atoms with Gasteiger partial charge in [-0.25, -0.2) is 0 Å². The van der Waals surface area contributed by atoms with Crippen LogP contribution in [0.1, 0.15) is 17.5 Å². The van der Waals surface area contributed by atoms with Gasteiger partial charge in [-0.1, -0.05) is 6.07 Å². The summed E-state index contributed by atoms with van der Waals surface area (Å²) < 4.78 is 0. The Hall–Kier alpha value is -4.55. The van der Waals surface area contributed by atoms with E-state index in [1.165, 1.54) is 49.3 Å². The minimum absolute atomic E-state index is 0.0406. The maximum Gasteiger partial charge on any atom is 0.269 e. The molecule has 1 amide bonds. The van der Waals surface area contributed by atoms with Crippen molar-refractivity contribution in [1.29, 1.82) is 0 Å². The van der Waals surface area contributed by atoms with E-state index >= 15 is 0 Å². The first-order chi connectivity index (χ1) is 18.3. The fourth-order valence-corrected chi connectivity index (χ4v) is 6.28. The number of nitrogens with two attached hydrogens (primary N) is 1. The van der Waals surface area contributed by atoms with Gasteiger partial charge in [0.25, 0.3) is 11.6 Å². The first-order valence-electron chi connectivity index (χ1n) is 12.0. The number of nitrogens with zero attached hydrogens (tertiary/aromatic N) is 2. The van der Waals surface area contributed by atoms with Gasteiger partial charge < -0.3 is 26.2 Å². The molecule has 1 fully saturated rings. The molecule has 0 saturated heterocycles. The van der Waals surface area contributed by atoms with Crippen molar-refractivity contribution >= 4 is 28.9 Å². The number of hydrogen-bond acceptors (Lipinski definition) is 10. The van der Waals surface area contributed by atoms with Gasteiger partial charge in [0.15, 0.2) is 11.4 Å². The van der Waals surface area contributed by atoms with E-state index < -0.39 is 63.0 Å². The molecule has 1 saturated carbocycles. The van der Waals surface area contributed by atoms with Crippen LogP contribution >= 0.6 is 0 Å². The molecule has 2 aromatic rings. The number of phenolic OH excluding ortho intramolecular Hbond substituents is 1. The zero-order chi connectivity index (χ0) is 28.5. The van der Waals surface area contributed by atoms with Gasteiger partial charge in [-0.15, -0.1) is 0 Å². The zero-order valence-electron chi connectivity index (χ0n) is 20.9. The normalized spacial score (nSPS) is 26.3. The molecule has 2 aromatic carbocycles. The molecule has 4 atom stereocenters. The molecule has 0 aliphatic heterocycles. The number of nitro benzene ring substituents is 1. The number of nitro groups is 1. The summed E-state index contributed by atoms with van der Waals surface area (Å²) in [5, 5.41) is 55.6. The third-order valence-corrected chi connectivity index (χ3v) is 7.99. The van der Waals surface area contributed by atoms with Crippen LogP contribution in [0, 0.1) is 22.0 Å². The summed E-state index contributed by atoms with van der Waals surface area (Å²) in [6.45, 7) is 0. The van der Waals surface area contributed by atoms with E-state index in [-0.39, 0.29) is 35.4 Å². The monoisotopic (exact) mass is 535 g/mol. The molecule has 12 nitrogen and oxygen atoms in total. The predicted molar refractivity (Wildman–Crippen MR) is 136 cm³/mol. The highest BCUT2D eigenvalue weighted by atomic mass is 16.6. The van der Waals surface area contributed by atoms with Crippen LogP contribution in [-0.4, -0.2) is 73.5 Å². The number of fused-ring (bicyclic) bond motifs is 3. The Morgan fingerprint density at radius 3 is 2.31 bits per heavy atom. The van der Waals surface area contributed by atoms with E-state index in [9.17, 15) is 44.9 Å². The first-order valence-corrected chi connectivity index (χ1v) is 12.0. The maximum absolute atomic E-state index is 13.9. The smallest absolute Gasteiger partial charge is 0.269 e. The number of carbonyl (C=O) groups excluding carboxylic acids is 3. The average molecular weight is 536 g/mol. The van der Waals surface area contributed by atoms with Gasteiger partial charge in [0.05, 0.1) is 16.5 Å². The van der Waals surface area contributed by atoms with Gasteiger partial charge in [0.2, 0.25) is 5.78 Å². The number of likely N-dealkylation sites (N-methyl/N-ethyl adjacent to an activating group) is 1. The number of primary amides is 1. The number of rotatable bonds is 4. The molecule has 202 valence electrons. The Labute approximate surface area is 221 Å². The minimum Gasteiger partial charge on any atom is -0.508 e. The van der Waals surface area contributed by atoms with Crippen LogP contribution in [0.3, 0.4) is 0 Å². The van der Waals surface area contributed by atoms with Crippen LogP contribution < -0.4 is 5.73 Å². The van der Waals surface area contributed by atoms with Crippen molar-refractivity contribution in [2.24, 2.45) is 17.6 Å². The molecule has 0 heterocycles. The Bertz CT molecular complexity index is 1540. The predicted octanol–water partition coefficient (Wildman–Crippen LogP) is 1.54. The summed E-state index contributed by atoms with van der Waals surface area (Å²) in [7, 11) is 3.05. The fraction of sp³-hybridized carbons (Fsp3) is 0.296. The molecular formula is C27H25N3O9. The minimum atomic E-state index is -2.71. The number of phenols is 1. The van der Waals surface area contributed by atoms with E-state index in [2.05, 4.69) is 0 Å². The fourth-order valence-electron chi connectivity index (χ4n) is 6.28. The number of carbonyl (C=O) groups is 3. The molecule has 3 aliphatic carbocycles. The second-order valence-electron chi connectivity index (χ2n) is 10.3. The summed E-state index contributed by atoms with van der Waals surface area (Å²) in [6, 6.07) is 7.42. The maximum atomic E-state index is 13.9. The second-order valence-corrected chi connectivity index (χ2v) is 10.3. The molecule has 12 heteroatoms. The second kappa shape index (κ2) is 8.75. The molecular weight excluding hydrogens is 510 g/mol. The van der Waals surface area contributed by atoms with Crippen molar-refractivity contribution in [2.75, 3.05) is 14.1 Å². The summed E-state index contributed by atoms with van der Waals surface area (Å²) in [5.41, 5.74) is 2.91. The lowest BCUT2D eigenvalue weighted by atomic mass is 9.57. The molecule has 0 bridgehead atoms. The molecule has 5 rings (SSSR count). The largest absolute Gasteiger partial charge is 0.508 e. The van der Waals surface area contributed by atoms with Crippen LogP contribution in [0.4, 0.5) is 5.69 Å². The summed E-state index contributed by atoms with van der Waals surface area (Å²) in [5.74, 6) is -7.24. The van der Waals surface area contributed by atoms with Crippen LogP contribution in [0.5, 0.6) is 5.75 Å². The Balaban J connectivity index is 1.71. The third-order valence-electron chi connectivity index (χ3n) is 7.99. The molecule has 39 heavy (non-hydrogen) atoms. The number of aliphatic hydroxyl groups excluding tert-OH is 2. The molecule has 0 radical (unpaired) electrons. The number of hydrogen-bond donors (Lipinski definition) is 5. The summed E-state index contributed by atoms with van der Waals surface area (Å²) in [4.78, 5) is 51.1. The SMILES string of the molecule is CN(C)[C@@H]1C(=O)C(C(N)=O)=C(O)[C@@]2(O)C(=O)C3=C(O)c4c(O)ccc(-c5ccc([N+](=O)[O-])cc5)c4C[C@H]3C[C@@H]12. The van der Waals surface area contributed by atoms with E-state index in [0.29, 0.717) is 16.7 Å². The lowest BCUT2D eigenvalue weighted by molar-refractivity contribution is -0.384. The van der Waals surface area contributed by atoms with Gasteiger partial charge in [-0.2, -0.15) is 0 Å². The molecule has 0 unspecified atom stereocenters. The topological polar surface area (TPSA) is 205 Å². The van der Waals surface area contributed by atoms with Crippen molar-refractivity contribution in [3.63, 3.8) is 0 Å². The van der Waals surface area contributed by atoms with Crippen molar-refractivity contribution < 1.29 is 39.7 Å². The molecule has 0 spiro atoms. The Morgan fingerprint density at radius 1 is 1.10 bits per heavy atom. The van der Waals surface area contributed by atoms with Crippen molar-refractivity contribution in [3.05, 3.63) is 74.5 Å². The molecule has 0 aromatic heterocycles. The van der Waals surface area contributed by atoms with Crippen LogP contribution in [0.2, 0.25) is 0 Å². The van der Waals surface area contributed by atoms with Gasteiger partial charge >= 0.3 is 0 Å². The Kier molecular flexibility index (Phi) is 5.85. The number of aromatic hydroxyl groups is 1. The zero-order valence-corrected chi connectivity index (χ0v) is 20.9. The summed E-state index contributed by atoms with van der Waals surface area (Å²) >= 11 is 0. The van der Waals surface area contributed by atoms with Crippen LogP contribution in [0.15, 0.2) is 53.3 Å². The van der Waals surface area contributed by atoms with E-state index in [1.807, 2.05) is 0 Å².